The zero-order valence-electron chi connectivity index (χ0n) is 8.93. The highest BCUT2D eigenvalue weighted by Crippen LogP contribution is 2.33. The molecular weight excluding hydrogens is 206 g/mol. The number of hydrogen-bond acceptors (Lipinski definition) is 4. The molecule has 0 aliphatic heterocycles. The van der Waals surface area contributed by atoms with Gasteiger partial charge in [0.2, 0.25) is 0 Å². The smallest absolute Gasteiger partial charge is 0.269 e. The lowest BCUT2D eigenvalue weighted by molar-refractivity contribution is -0.384. The molecule has 5 nitrogen and oxygen atoms in total. The fraction of sp³-hybridized carbons (Fsp3) is 0.455. The predicted octanol–water partition coefficient (Wildman–Crippen LogP) is 1.74. The second-order valence-corrected chi connectivity index (χ2v) is 4.13. The number of nitrogens with two attached hydrogens (primary N) is 1. The summed E-state index contributed by atoms with van der Waals surface area (Å²) < 4.78 is 0. The van der Waals surface area contributed by atoms with Gasteiger partial charge in [-0.05, 0) is 30.9 Å². The van der Waals surface area contributed by atoms with E-state index < -0.39 is 4.92 Å². The SMILES string of the molecule is NCC(Nc1ccc([N+](=O)[O-])cc1)C1CC1. The van der Waals surface area contributed by atoms with E-state index in [2.05, 4.69) is 5.32 Å². The van der Waals surface area contributed by atoms with Crippen LogP contribution in [0, 0.1) is 16.0 Å². The lowest BCUT2D eigenvalue weighted by atomic mass is 10.1. The molecule has 0 saturated heterocycles. The van der Waals surface area contributed by atoms with Crippen molar-refractivity contribution in [1.29, 1.82) is 0 Å². The molecule has 0 amide bonds. The Morgan fingerprint density at radius 3 is 2.50 bits per heavy atom. The number of non-ortho nitro benzene ring substituents is 1. The first-order valence-corrected chi connectivity index (χ1v) is 5.42. The van der Waals surface area contributed by atoms with Gasteiger partial charge in [-0.25, -0.2) is 0 Å². The van der Waals surface area contributed by atoms with E-state index >= 15 is 0 Å². The molecule has 86 valence electrons. The Hall–Kier alpha value is -1.62. The molecule has 1 fully saturated rings. The molecule has 1 aromatic carbocycles. The zero-order chi connectivity index (χ0) is 11.5. The van der Waals surface area contributed by atoms with Crippen LogP contribution in [0.5, 0.6) is 0 Å². The first-order chi connectivity index (χ1) is 7.70. The van der Waals surface area contributed by atoms with Crippen molar-refractivity contribution in [1.82, 2.24) is 0 Å². The van der Waals surface area contributed by atoms with E-state index in [0.29, 0.717) is 18.5 Å². The first kappa shape index (κ1) is 10.9. The number of anilines is 1. The summed E-state index contributed by atoms with van der Waals surface area (Å²) in [6.07, 6.45) is 2.45. The van der Waals surface area contributed by atoms with Crippen LogP contribution in [-0.2, 0) is 0 Å². The lowest BCUT2D eigenvalue weighted by Gasteiger charge is -2.17. The van der Waals surface area contributed by atoms with Crippen LogP contribution in [0.25, 0.3) is 0 Å². The van der Waals surface area contributed by atoms with E-state index in [1.54, 1.807) is 12.1 Å². The molecule has 3 N–H and O–H groups in total. The molecule has 0 heterocycles. The highest BCUT2D eigenvalue weighted by Gasteiger charge is 2.30. The third kappa shape index (κ3) is 2.49. The number of nitro groups is 1. The van der Waals surface area contributed by atoms with Crippen molar-refractivity contribution in [3.05, 3.63) is 34.4 Å². The Morgan fingerprint density at radius 1 is 1.44 bits per heavy atom. The normalized spacial score (nSPS) is 16.8. The number of nitrogens with zero attached hydrogens (tertiary/aromatic N) is 1. The van der Waals surface area contributed by atoms with Gasteiger partial charge in [0, 0.05) is 30.4 Å². The quantitative estimate of drug-likeness (QED) is 0.586. The third-order valence-corrected chi connectivity index (χ3v) is 2.88. The average Bonchev–Trinajstić information content (AvgIpc) is 3.10. The van der Waals surface area contributed by atoms with Crippen molar-refractivity contribution in [2.75, 3.05) is 11.9 Å². The summed E-state index contributed by atoms with van der Waals surface area (Å²) in [6, 6.07) is 6.75. The van der Waals surface area contributed by atoms with Crippen LogP contribution < -0.4 is 11.1 Å². The van der Waals surface area contributed by atoms with E-state index in [0.717, 1.165) is 5.69 Å². The van der Waals surface area contributed by atoms with Gasteiger partial charge in [-0.3, -0.25) is 10.1 Å². The van der Waals surface area contributed by atoms with Gasteiger partial charge in [0.15, 0.2) is 0 Å². The molecule has 1 aliphatic carbocycles. The number of benzene rings is 1. The maximum absolute atomic E-state index is 10.5. The van der Waals surface area contributed by atoms with Crippen molar-refractivity contribution < 1.29 is 4.92 Å². The van der Waals surface area contributed by atoms with E-state index in [1.165, 1.54) is 25.0 Å². The zero-order valence-corrected chi connectivity index (χ0v) is 8.93. The summed E-state index contributed by atoms with van der Waals surface area (Å²) in [5, 5.41) is 13.8. The molecule has 2 rings (SSSR count). The number of nitrogens with one attached hydrogen (secondary N) is 1. The summed E-state index contributed by atoms with van der Waals surface area (Å²) in [5.74, 6) is 0.667. The second-order valence-electron chi connectivity index (χ2n) is 4.13. The summed E-state index contributed by atoms with van der Waals surface area (Å²) in [4.78, 5) is 10.1. The van der Waals surface area contributed by atoms with Crippen LogP contribution in [-0.4, -0.2) is 17.5 Å². The molecule has 0 bridgehead atoms. The standard InChI is InChI=1S/C11H15N3O2/c12-7-11(8-1-2-8)13-9-3-5-10(6-4-9)14(15)16/h3-6,8,11,13H,1-2,7,12H2. The lowest BCUT2D eigenvalue weighted by Crippen LogP contribution is -2.30. The predicted molar refractivity (Wildman–Crippen MR) is 62.3 cm³/mol. The Kier molecular flexibility index (Phi) is 3.05. The molecular formula is C11H15N3O2. The number of rotatable bonds is 5. The van der Waals surface area contributed by atoms with Gasteiger partial charge in [-0.2, -0.15) is 0 Å². The summed E-state index contributed by atoms with van der Waals surface area (Å²) in [6.45, 7) is 0.599. The van der Waals surface area contributed by atoms with Crippen LogP contribution in [0.1, 0.15) is 12.8 Å². The van der Waals surface area contributed by atoms with Crippen molar-refractivity contribution in [3.63, 3.8) is 0 Å². The van der Waals surface area contributed by atoms with E-state index in [4.69, 9.17) is 5.73 Å². The van der Waals surface area contributed by atoms with E-state index in [-0.39, 0.29) is 5.69 Å². The molecule has 1 atom stereocenters. The van der Waals surface area contributed by atoms with E-state index in [9.17, 15) is 10.1 Å². The van der Waals surface area contributed by atoms with Gasteiger partial charge < -0.3 is 11.1 Å². The minimum atomic E-state index is -0.398. The van der Waals surface area contributed by atoms with Crippen molar-refractivity contribution >= 4 is 11.4 Å². The Bertz CT molecular complexity index is 373. The molecule has 0 radical (unpaired) electrons. The number of hydrogen-bond donors (Lipinski definition) is 2. The molecule has 1 aromatic rings. The molecule has 1 saturated carbocycles. The minimum absolute atomic E-state index is 0.112. The molecule has 16 heavy (non-hydrogen) atoms. The highest BCUT2D eigenvalue weighted by atomic mass is 16.6. The van der Waals surface area contributed by atoms with Crippen LogP contribution in [0.2, 0.25) is 0 Å². The Labute approximate surface area is 93.8 Å². The highest BCUT2D eigenvalue weighted by molar-refractivity contribution is 5.49. The van der Waals surface area contributed by atoms with Gasteiger partial charge in [-0.15, -0.1) is 0 Å². The van der Waals surface area contributed by atoms with Crippen LogP contribution in [0.15, 0.2) is 24.3 Å². The van der Waals surface area contributed by atoms with Crippen LogP contribution in [0.3, 0.4) is 0 Å². The van der Waals surface area contributed by atoms with Gasteiger partial charge in [0.05, 0.1) is 4.92 Å². The average molecular weight is 221 g/mol. The minimum Gasteiger partial charge on any atom is -0.381 e. The summed E-state index contributed by atoms with van der Waals surface area (Å²) in [7, 11) is 0. The fourth-order valence-electron chi connectivity index (χ4n) is 1.76. The molecule has 1 unspecified atom stereocenters. The third-order valence-electron chi connectivity index (χ3n) is 2.88. The Balaban J connectivity index is 2.01. The van der Waals surface area contributed by atoms with E-state index in [1.807, 2.05) is 0 Å². The van der Waals surface area contributed by atoms with Crippen LogP contribution in [0.4, 0.5) is 11.4 Å². The monoisotopic (exact) mass is 221 g/mol. The van der Waals surface area contributed by atoms with Crippen molar-refractivity contribution in [2.24, 2.45) is 11.7 Å². The number of nitro benzene ring substituents is 1. The topological polar surface area (TPSA) is 81.2 Å². The molecule has 5 heteroatoms. The van der Waals surface area contributed by atoms with Gasteiger partial charge in [0.25, 0.3) is 5.69 Å². The molecule has 0 aromatic heterocycles. The largest absolute Gasteiger partial charge is 0.381 e. The first-order valence-electron chi connectivity index (χ1n) is 5.42. The van der Waals surface area contributed by atoms with Gasteiger partial charge >= 0.3 is 0 Å². The van der Waals surface area contributed by atoms with Gasteiger partial charge in [-0.1, -0.05) is 0 Å². The maximum atomic E-state index is 10.5. The van der Waals surface area contributed by atoms with Crippen molar-refractivity contribution in [2.45, 2.75) is 18.9 Å². The summed E-state index contributed by atoms with van der Waals surface area (Å²) in [5.41, 5.74) is 6.68. The van der Waals surface area contributed by atoms with Crippen LogP contribution >= 0.6 is 0 Å². The maximum Gasteiger partial charge on any atom is 0.269 e. The molecule has 1 aliphatic rings. The van der Waals surface area contributed by atoms with Gasteiger partial charge in [0.1, 0.15) is 0 Å². The Morgan fingerprint density at radius 2 is 2.06 bits per heavy atom. The summed E-state index contributed by atoms with van der Waals surface area (Å²) >= 11 is 0. The van der Waals surface area contributed by atoms with Crippen molar-refractivity contribution in [3.8, 4) is 0 Å². The second kappa shape index (κ2) is 4.49. The molecule has 0 spiro atoms. The fourth-order valence-corrected chi connectivity index (χ4v) is 1.76.